The van der Waals surface area contributed by atoms with Crippen molar-refractivity contribution >= 4 is 27.1 Å². The molecule has 98 valence electrons. The number of nitrogens with zero attached hydrogens (tertiary/aromatic N) is 1. The molecule has 2 rings (SSSR count). The van der Waals surface area contributed by atoms with Crippen LogP contribution in [0.15, 0.2) is 58.3 Å². The Morgan fingerprint density at radius 1 is 1.00 bits per heavy atom. The average Bonchev–Trinajstić information content (AvgIpc) is 2.39. The molecule has 2 aromatic rings. The van der Waals surface area contributed by atoms with Crippen LogP contribution in [0.5, 0.6) is 0 Å². The summed E-state index contributed by atoms with van der Waals surface area (Å²) in [5, 5.41) is 10.8. The second-order valence-corrected chi connectivity index (χ2v) is 6.10. The summed E-state index contributed by atoms with van der Waals surface area (Å²) in [7, 11) is -3.71. The zero-order chi connectivity index (χ0) is 14.0. The molecule has 19 heavy (non-hydrogen) atoms. The van der Waals surface area contributed by atoms with Crippen molar-refractivity contribution in [2.24, 2.45) is 0 Å². The molecule has 0 bridgehead atoms. The summed E-state index contributed by atoms with van der Waals surface area (Å²) in [6, 6.07) is 10.6. The Bertz CT molecular complexity index is 726. The van der Waals surface area contributed by atoms with Crippen molar-refractivity contribution in [3.63, 3.8) is 0 Å². The second kappa shape index (κ2) is 4.99. The lowest BCUT2D eigenvalue weighted by Gasteiger charge is -2.04. The molecule has 0 unspecified atom stereocenters. The van der Waals surface area contributed by atoms with Gasteiger partial charge in [-0.3, -0.25) is 10.1 Å². The van der Waals surface area contributed by atoms with Crippen molar-refractivity contribution in [1.29, 1.82) is 0 Å². The van der Waals surface area contributed by atoms with Gasteiger partial charge in [-0.15, -0.1) is 0 Å². The first-order valence-corrected chi connectivity index (χ1v) is 7.02. The molecular weight excluding hydrogens is 290 g/mol. The van der Waals surface area contributed by atoms with Gasteiger partial charge in [-0.2, -0.15) is 0 Å². The number of hydrogen-bond donors (Lipinski definition) is 0. The number of nitro benzene ring substituents is 1. The lowest BCUT2D eigenvalue weighted by molar-refractivity contribution is -0.384. The topological polar surface area (TPSA) is 77.3 Å². The Hall–Kier alpha value is -1.92. The van der Waals surface area contributed by atoms with E-state index in [1.165, 1.54) is 30.3 Å². The van der Waals surface area contributed by atoms with Crippen LogP contribution in [0.4, 0.5) is 5.69 Å². The number of nitro groups is 1. The van der Waals surface area contributed by atoms with E-state index < -0.39 is 14.8 Å². The highest BCUT2D eigenvalue weighted by atomic mass is 35.5. The van der Waals surface area contributed by atoms with Gasteiger partial charge in [0.1, 0.15) is 0 Å². The van der Waals surface area contributed by atoms with Crippen LogP contribution in [0.3, 0.4) is 0 Å². The van der Waals surface area contributed by atoms with Crippen LogP contribution >= 0.6 is 11.6 Å². The number of hydrogen-bond acceptors (Lipinski definition) is 4. The Balaban J connectivity index is 2.48. The highest BCUT2D eigenvalue weighted by Gasteiger charge is 2.18. The van der Waals surface area contributed by atoms with E-state index in [1.54, 1.807) is 6.07 Å². The SMILES string of the molecule is O=[N+]([O-])c1ccc(S(=O)(=O)c2cccc(Cl)c2)cc1. The number of sulfone groups is 1. The first-order chi connectivity index (χ1) is 8.91. The van der Waals surface area contributed by atoms with Crippen molar-refractivity contribution in [3.05, 3.63) is 63.7 Å². The van der Waals surface area contributed by atoms with E-state index >= 15 is 0 Å². The molecule has 2 aromatic carbocycles. The van der Waals surface area contributed by atoms with Crippen LogP contribution in [0.1, 0.15) is 0 Å². The largest absolute Gasteiger partial charge is 0.269 e. The summed E-state index contributed by atoms with van der Waals surface area (Å²) in [4.78, 5) is 9.96. The fraction of sp³-hybridized carbons (Fsp3) is 0. The van der Waals surface area contributed by atoms with Gasteiger partial charge in [0, 0.05) is 17.2 Å². The molecule has 0 fully saturated rings. The highest BCUT2D eigenvalue weighted by Crippen LogP contribution is 2.24. The van der Waals surface area contributed by atoms with Gasteiger partial charge in [0.2, 0.25) is 9.84 Å². The number of benzene rings is 2. The number of non-ortho nitro benzene ring substituents is 1. The summed E-state index contributed by atoms with van der Waals surface area (Å²) in [6.45, 7) is 0. The second-order valence-electron chi connectivity index (χ2n) is 3.71. The van der Waals surface area contributed by atoms with Gasteiger partial charge in [-0.05, 0) is 30.3 Å². The molecule has 0 saturated heterocycles. The van der Waals surface area contributed by atoms with Crippen LogP contribution in [-0.4, -0.2) is 13.3 Å². The monoisotopic (exact) mass is 297 g/mol. The lowest BCUT2D eigenvalue weighted by atomic mass is 10.3. The van der Waals surface area contributed by atoms with Crippen LogP contribution in [-0.2, 0) is 9.84 Å². The van der Waals surface area contributed by atoms with E-state index in [-0.39, 0.29) is 15.5 Å². The van der Waals surface area contributed by atoms with Crippen LogP contribution in [0, 0.1) is 10.1 Å². The van der Waals surface area contributed by atoms with Crippen LogP contribution < -0.4 is 0 Å². The van der Waals surface area contributed by atoms with Crippen molar-refractivity contribution in [2.45, 2.75) is 9.79 Å². The fourth-order valence-corrected chi connectivity index (χ4v) is 3.08. The first-order valence-electron chi connectivity index (χ1n) is 5.16. The molecule has 0 amide bonds. The molecule has 0 spiro atoms. The van der Waals surface area contributed by atoms with Crippen molar-refractivity contribution in [2.75, 3.05) is 0 Å². The Kier molecular flexibility index (Phi) is 3.55. The third kappa shape index (κ3) is 2.74. The Labute approximate surface area is 114 Å². The molecule has 0 saturated carbocycles. The van der Waals surface area contributed by atoms with E-state index in [0.29, 0.717) is 5.02 Å². The molecule has 7 heteroatoms. The molecule has 0 aliphatic carbocycles. The van der Waals surface area contributed by atoms with E-state index in [9.17, 15) is 18.5 Å². The smallest absolute Gasteiger partial charge is 0.258 e. The number of halogens is 1. The summed E-state index contributed by atoms with van der Waals surface area (Å²) < 4.78 is 24.5. The van der Waals surface area contributed by atoms with Gasteiger partial charge in [0.25, 0.3) is 5.69 Å². The maximum Gasteiger partial charge on any atom is 0.269 e. The van der Waals surface area contributed by atoms with Crippen molar-refractivity contribution in [1.82, 2.24) is 0 Å². The fourth-order valence-electron chi connectivity index (χ4n) is 1.52. The molecule has 0 aliphatic rings. The molecule has 0 heterocycles. The van der Waals surface area contributed by atoms with E-state index in [4.69, 9.17) is 11.6 Å². The van der Waals surface area contributed by atoms with Crippen molar-refractivity contribution in [3.8, 4) is 0 Å². The predicted molar refractivity (Wildman–Crippen MR) is 70.0 cm³/mol. The molecule has 0 atom stereocenters. The zero-order valence-electron chi connectivity index (χ0n) is 9.49. The molecule has 5 nitrogen and oxygen atoms in total. The van der Waals surface area contributed by atoms with Gasteiger partial charge in [0.15, 0.2) is 0 Å². The summed E-state index contributed by atoms with van der Waals surface area (Å²) in [5.41, 5.74) is -0.162. The van der Waals surface area contributed by atoms with Gasteiger partial charge >= 0.3 is 0 Å². The predicted octanol–water partition coefficient (Wildman–Crippen LogP) is 3.08. The lowest BCUT2D eigenvalue weighted by Crippen LogP contribution is -2.02. The summed E-state index contributed by atoms with van der Waals surface area (Å²) in [6.07, 6.45) is 0. The standard InChI is InChI=1S/C12H8ClNO4S/c13-9-2-1-3-12(8-9)19(17,18)11-6-4-10(5-7-11)14(15)16/h1-8H. The minimum Gasteiger partial charge on any atom is -0.258 e. The van der Waals surface area contributed by atoms with E-state index in [0.717, 1.165) is 12.1 Å². The van der Waals surface area contributed by atoms with Crippen molar-refractivity contribution < 1.29 is 13.3 Å². The molecular formula is C12H8ClNO4S. The summed E-state index contributed by atoms with van der Waals surface area (Å²) in [5.74, 6) is 0. The number of rotatable bonds is 3. The third-order valence-corrected chi connectivity index (χ3v) is 4.47. The van der Waals surface area contributed by atoms with Gasteiger partial charge in [-0.1, -0.05) is 17.7 Å². The van der Waals surface area contributed by atoms with Gasteiger partial charge in [0.05, 0.1) is 14.7 Å². The quantitative estimate of drug-likeness (QED) is 0.644. The molecule has 0 radical (unpaired) electrons. The average molecular weight is 298 g/mol. The first kappa shape index (κ1) is 13.5. The van der Waals surface area contributed by atoms with E-state index in [1.807, 2.05) is 0 Å². The Morgan fingerprint density at radius 2 is 1.63 bits per heavy atom. The maximum atomic E-state index is 12.2. The summed E-state index contributed by atoms with van der Waals surface area (Å²) >= 11 is 5.75. The molecule has 0 aliphatic heterocycles. The minimum atomic E-state index is -3.71. The van der Waals surface area contributed by atoms with Crippen LogP contribution in [0.25, 0.3) is 0 Å². The maximum absolute atomic E-state index is 12.2. The molecule has 0 aromatic heterocycles. The van der Waals surface area contributed by atoms with Gasteiger partial charge in [-0.25, -0.2) is 8.42 Å². The Morgan fingerprint density at radius 3 is 2.16 bits per heavy atom. The molecule has 0 N–H and O–H groups in total. The van der Waals surface area contributed by atoms with Gasteiger partial charge < -0.3 is 0 Å². The van der Waals surface area contributed by atoms with Crippen LogP contribution in [0.2, 0.25) is 5.02 Å². The minimum absolute atomic E-state index is 0.0135. The highest BCUT2D eigenvalue weighted by molar-refractivity contribution is 7.91. The normalized spacial score (nSPS) is 11.2. The van der Waals surface area contributed by atoms with E-state index in [2.05, 4.69) is 0 Å². The third-order valence-electron chi connectivity index (χ3n) is 2.46. The zero-order valence-corrected chi connectivity index (χ0v) is 11.1.